The summed E-state index contributed by atoms with van der Waals surface area (Å²) in [5.41, 5.74) is -0.759. The highest BCUT2D eigenvalue weighted by Crippen LogP contribution is 2.32. The van der Waals surface area contributed by atoms with Gasteiger partial charge in [0.25, 0.3) is 0 Å². The lowest BCUT2D eigenvalue weighted by Gasteiger charge is -2.46. The molecule has 7 heteroatoms. The van der Waals surface area contributed by atoms with Gasteiger partial charge < -0.3 is 19.1 Å². The molecule has 0 saturated carbocycles. The number of carbonyl (C=O) groups is 1. The van der Waals surface area contributed by atoms with Crippen molar-refractivity contribution in [3.05, 3.63) is 0 Å². The molecule has 110 valence electrons. The molecule has 0 atom stereocenters. The van der Waals surface area contributed by atoms with Crippen molar-refractivity contribution in [2.75, 3.05) is 26.3 Å². The van der Waals surface area contributed by atoms with Crippen molar-refractivity contribution in [2.45, 2.75) is 39.3 Å². The molecule has 0 N–H and O–H groups in total. The molecule has 0 aliphatic carbocycles. The largest absolute Gasteiger partial charge is 0.349 e. The van der Waals surface area contributed by atoms with Gasteiger partial charge in [0.15, 0.2) is 5.79 Å². The van der Waals surface area contributed by atoms with Crippen LogP contribution in [-0.2, 0) is 19.0 Å². The number of hydrogen-bond acceptors (Lipinski definition) is 4. The molecule has 2 fully saturated rings. The van der Waals surface area contributed by atoms with Gasteiger partial charge >= 0.3 is 6.61 Å². The summed E-state index contributed by atoms with van der Waals surface area (Å²) in [4.78, 5) is 13.8. The molecule has 0 bridgehead atoms. The maximum atomic E-state index is 12.3. The molecule has 0 aromatic rings. The number of ether oxygens (including phenoxy) is 3. The highest BCUT2D eigenvalue weighted by molar-refractivity contribution is 5.83. The smallest absolute Gasteiger partial charge is 0.345 e. The minimum Gasteiger partial charge on any atom is -0.349 e. The Morgan fingerprint density at radius 3 is 2.26 bits per heavy atom. The number of alkyl halides is 2. The van der Waals surface area contributed by atoms with E-state index in [9.17, 15) is 13.6 Å². The summed E-state index contributed by atoms with van der Waals surface area (Å²) in [5, 5.41) is 0. The van der Waals surface area contributed by atoms with Crippen LogP contribution in [0.1, 0.15) is 20.8 Å². The summed E-state index contributed by atoms with van der Waals surface area (Å²) >= 11 is 0. The van der Waals surface area contributed by atoms with Crippen LogP contribution in [0, 0.1) is 5.41 Å². The second kappa shape index (κ2) is 4.96. The van der Waals surface area contributed by atoms with Crippen molar-refractivity contribution < 1.29 is 27.8 Å². The van der Waals surface area contributed by atoms with E-state index in [0.717, 1.165) is 0 Å². The number of amides is 1. The molecule has 0 aromatic heterocycles. The third-order valence-electron chi connectivity index (χ3n) is 3.42. The van der Waals surface area contributed by atoms with Gasteiger partial charge in [0.05, 0.1) is 24.7 Å². The zero-order valence-electron chi connectivity index (χ0n) is 11.3. The molecule has 0 aromatic carbocycles. The first-order valence-corrected chi connectivity index (χ1v) is 6.23. The topological polar surface area (TPSA) is 48.0 Å². The number of likely N-dealkylation sites (tertiary alicyclic amines) is 1. The molecule has 0 unspecified atom stereocenters. The summed E-state index contributed by atoms with van der Waals surface area (Å²) in [6.07, 6.45) is -0.575. The standard InChI is InChI=1S/C12H19F2NO4/c1-11(2)17-6-12(3,7-18-11)9(16)15-4-8(5-15)19-10(13)14/h8,10H,4-7H2,1-3H3. The van der Waals surface area contributed by atoms with E-state index in [4.69, 9.17) is 9.47 Å². The van der Waals surface area contributed by atoms with Crippen molar-refractivity contribution >= 4 is 5.91 Å². The Morgan fingerprint density at radius 2 is 1.79 bits per heavy atom. The van der Waals surface area contributed by atoms with E-state index in [1.807, 2.05) is 0 Å². The Balaban J connectivity index is 1.85. The molecule has 0 spiro atoms. The Hall–Kier alpha value is -0.790. The predicted octanol–water partition coefficient (Wildman–Crippen LogP) is 1.23. The third kappa shape index (κ3) is 3.21. The van der Waals surface area contributed by atoms with Crippen LogP contribution in [0.4, 0.5) is 8.78 Å². The van der Waals surface area contributed by atoms with E-state index < -0.39 is 23.9 Å². The summed E-state index contributed by atoms with van der Waals surface area (Å²) < 4.78 is 39.3. The van der Waals surface area contributed by atoms with E-state index in [-0.39, 0.29) is 32.2 Å². The first-order chi connectivity index (χ1) is 8.72. The minimum absolute atomic E-state index is 0.142. The zero-order valence-corrected chi connectivity index (χ0v) is 11.3. The van der Waals surface area contributed by atoms with Gasteiger partial charge in [0.1, 0.15) is 0 Å². The van der Waals surface area contributed by atoms with E-state index in [0.29, 0.717) is 0 Å². The normalized spacial score (nSPS) is 26.3. The average Bonchev–Trinajstić information content (AvgIpc) is 2.26. The third-order valence-corrected chi connectivity index (χ3v) is 3.42. The molecule has 2 aliphatic rings. The van der Waals surface area contributed by atoms with Crippen LogP contribution >= 0.6 is 0 Å². The summed E-state index contributed by atoms with van der Waals surface area (Å²) in [5.74, 6) is -0.826. The Bertz CT molecular complexity index is 346. The molecule has 2 aliphatic heterocycles. The van der Waals surface area contributed by atoms with Crippen LogP contribution in [0.3, 0.4) is 0 Å². The minimum atomic E-state index is -2.79. The van der Waals surface area contributed by atoms with E-state index >= 15 is 0 Å². The fourth-order valence-electron chi connectivity index (χ4n) is 2.09. The Morgan fingerprint density at radius 1 is 1.26 bits per heavy atom. The van der Waals surface area contributed by atoms with Gasteiger partial charge in [-0.3, -0.25) is 4.79 Å². The van der Waals surface area contributed by atoms with E-state index in [1.165, 1.54) is 4.90 Å². The maximum Gasteiger partial charge on any atom is 0.345 e. The van der Waals surface area contributed by atoms with Crippen molar-refractivity contribution in [3.63, 3.8) is 0 Å². The number of nitrogens with zero attached hydrogens (tertiary/aromatic N) is 1. The maximum absolute atomic E-state index is 12.3. The lowest BCUT2D eigenvalue weighted by molar-refractivity contribution is -0.281. The molecule has 2 saturated heterocycles. The number of halogens is 2. The van der Waals surface area contributed by atoms with Gasteiger partial charge in [-0.2, -0.15) is 8.78 Å². The van der Waals surface area contributed by atoms with Crippen LogP contribution in [-0.4, -0.2) is 55.6 Å². The van der Waals surface area contributed by atoms with Gasteiger partial charge in [0.2, 0.25) is 5.91 Å². The second-order valence-electron chi connectivity index (χ2n) is 5.77. The monoisotopic (exact) mass is 279 g/mol. The van der Waals surface area contributed by atoms with E-state index in [2.05, 4.69) is 4.74 Å². The first-order valence-electron chi connectivity index (χ1n) is 6.23. The molecule has 0 radical (unpaired) electrons. The summed E-state index contributed by atoms with van der Waals surface area (Å²) in [7, 11) is 0. The molecule has 1 amide bonds. The van der Waals surface area contributed by atoms with Crippen LogP contribution in [0.15, 0.2) is 0 Å². The van der Waals surface area contributed by atoms with Crippen LogP contribution < -0.4 is 0 Å². The van der Waals surface area contributed by atoms with Crippen LogP contribution in [0.2, 0.25) is 0 Å². The molecular formula is C12H19F2NO4. The average molecular weight is 279 g/mol. The molecule has 2 heterocycles. The highest BCUT2D eigenvalue weighted by atomic mass is 19.3. The lowest BCUT2D eigenvalue weighted by Crippen LogP contribution is -2.62. The van der Waals surface area contributed by atoms with Gasteiger partial charge in [-0.25, -0.2) is 0 Å². The van der Waals surface area contributed by atoms with Crippen LogP contribution in [0.25, 0.3) is 0 Å². The molecule has 2 rings (SSSR count). The van der Waals surface area contributed by atoms with Crippen molar-refractivity contribution in [2.24, 2.45) is 5.41 Å². The molecule has 5 nitrogen and oxygen atoms in total. The zero-order chi connectivity index (χ0) is 14.3. The molecular weight excluding hydrogens is 260 g/mol. The SMILES string of the molecule is CC1(C)OCC(C)(C(=O)N2CC(OC(F)F)C2)CO1. The van der Waals surface area contributed by atoms with Crippen molar-refractivity contribution in [1.82, 2.24) is 4.90 Å². The fraction of sp³-hybridized carbons (Fsp3) is 0.917. The molecule has 19 heavy (non-hydrogen) atoms. The first kappa shape index (κ1) is 14.6. The highest BCUT2D eigenvalue weighted by Gasteiger charge is 2.47. The van der Waals surface area contributed by atoms with Crippen molar-refractivity contribution in [1.29, 1.82) is 0 Å². The van der Waals surface area contributed by atoms with Crippen LogP contribution in [0.5, 0.6) is 0 Å². The number of rotatable bonds is 3. The Kier molecular flexibility index (Phi) is 3.81. The van der Waals surface area contributed by atoms with Gasteiger partial charge in [-0.15, -0.1) is 0 Å². The van der Waals surface area contributed by atoms with Gasteiger partial charge in [-0.05, 0) is 20.8 Å². The van der Waals surface area contributed by atoms with E-state index in [1.54, 1.807) is 20.8 Å². The van der Waals surface area contributed by atoms with Gasteiger partial charge in [0, 0.05) is 13.1 Å². The Labute approximate surface area is 110 Å². The second-order valence-corrected chi connectivity index (χ2v) is 5.77. The quantitative estimate of drug-likeness (QED) is 0.779. The van der Waals surface area contributed by atoms with Gasteiger partial charge in [-0.1, -0.05) is 0 Å². The van der Waals surface area contributed by atoms with Crippen molar-refractivity contribution in [3.8, 4) is 0 Å². The lowest BCUT2D eigenvalue weighted by atomic mass is 9.88. The number of hydrogen-bond donors (Lipinski definition) is 0. The summed E-state index contributed by atoms with van der Waals surface area (Å²) in [6.45, 7) is 3.45. The number of carbonyl (C=O) groups excluding carboxylic acids is 1. The predicted molar refractivity (Wildman–Crippen MR) is 61.5 cm³/mol. The summed E-state index contributed by atoms with van der Waals surface area (Å²) in [6, 6.07) is 0. The fourth-order valence-corrected chi connectivity index (χ4v) is 2.09.